The fourth-order valence-electron chi connectivity index (χ4n) is 3.64. The lowest BCUT2D eigenvalue weighted by Gasteiger charge is -2.27. The minimum atomic E-state index is -0.300. The second-order valence-electron chi connectivity index (χ2n) is 7.39. The van der Waals surface area contributed by atoms with E-state index in [0.717, 1.165) is 0 Å². The van der Waals surface area contributed by atoms with Gasteiger partial charge >= 0.3 is 0 Å². The van der Waals surface area contributed by atoms with Gasteiger partial charge in [0, 0.05) is 23.6 Å². The summed E-state index contributed by atoms with van der Waals surface area (Å²) in [6.45, 7) is 1.66. The standard InChI is InChI=1S/C25H22N2O4/c1-17-15-23(28)26-21-9-5-6-10-22(21)27(17)24(29)16-31-20-13-11-19(12-14-20)25(30)18-7-3-2-4-8-18/h2-14,17H,15-16H2,1H3,(H,26,28)/t17-/m1/s1. The van der Waals surface area contributed by atoms with E-state index in [1.165, 1.54) is 0 Å². The van der Waals surface area contributed by atoms with E-state index in [2.05, 4.69) is 5.32 Å². The van der Waals surface area contributed by atoms with Crippen LogP contribution in [0.4, 0.5) is 11.4 Å². The van der Waals surface area contributed by atoms with E-state index in [1.54, 1.807) is 53.4 Å². The molecule has 2 amide bonds. The maximum atomic E-state index is 13.0. The molecule has 6 nitrogen and oxygen atoms in total. The molecule has 0 saturated carbocycles. The molecule has 31 heavy (non-hydrogen) atoms. The van der Waals surface area contributed by atoms with Gasteiger partial charge in [0.1, 0.15) is 5.75 Å². The van der Waals surface area contributed by atoms with Crippen molar-refractivity contribution < 1.29 is 19.1 Å². The quantitative estimate of drug-likeness (QED) is 0.639. The third kappa shape index (κ3) is 4.48. The lowest BCUT2D eigenvalue weighted by atomic mass is 10.0. The third-order valence-corrected chi connectivity index (χ3v) is 5.14. The van der Waals surface area contributed by atoms with E-state index < -0.39 is 0 Å². The highest BCUT2D eigenvalue weighted by molar-refractivity contribution is 6.09. The second-order valence-corrected chi connectivity index (χ2v) is 7.39. The van der Waals surface area contributed by atoms with Crippen LogP contribution in [0.1, 0.15) is 29.3 Å². The van der Waals surface area contributed by atoms with E-state index in [9.17, 15) is 14.4 Å². The van der Waals surface area contributed by atoms with Crippen LogP contribution in [0.2, 0.25) is 0 Å². The van der Waals surface area contributed by atoms with E-state index in [-0.39, 0.29) is 36.7 Å². The molecule has 1 atom stereocenters. The molecule has 0 aromatic heterocycles. The van der Waals surface area contributed by atoms with Gasteiger partial charge in [-0.05, 0) is 43.3 Å². The molecule has 0 fully saturated rings. The van der Waals surface area contributed by atoms with E-state index >= 15 is 0 Å². The first kappa shape index (κ1) is 20.3. The summed E-state index contributed by atoms with van der Waals surface area (Å²) in [6.07, 6.45) is 0.205. The zero-order valence-electron chi connectivity index (χ0n) is 17.1. The van der Waals surface area contributed by atoms with Crippen LogP contribution in [0.25, 0.3) is 0 Å². The van der Waals surface area contributed by atoms with Gasteiger partial charge in [-0.3, -0.25) is 14.4 Å². The van der Waals surface area contributed by atoms with Crippen molar-refractivity contribution in [1.29, 1.82) is 0 Å². The number of carbonyl (C=O) groups excluding carboxylic acids is 3. The smallest absolute Gasteiger partial charge is 0.265 e. The highest BCUT2D eigenvalue weighted by Gasteiger charge is 2.29. The lowest BCUT2D eigenvalue weighted by Crippen LogP contribution is -2.41. The average molecular weight is 414 g/mol. The molecule has 0 bridgehead atoms. The van der Waals surface area contributed by atoms with E-state index in [1.807, 2.05) is 37.3 Å². The molecule has 1 aliphatic rings. The Morgan fingerprint density at radius 1 is 0.935 bits per heavy atom. The molecule has 3 aromatic rings. The number of amides is 2. The van der Waals surface area contributed by atoms with Gasteiger partial charge < -0.3 is 15.0 Å². The molecule has 0 aliphatic carbocycles. The van der Waals surface area contributed by atoms with Gasteiger partial charge in [-0.15, -0.1) is 0 Å². The van der Waals surface area contributed by atoms with Crippen molar-refractivity contribution in [1.82, 2.24) is 0 Å². The Kier molecular flexibility index (Phi) is 5.80. The molecule has 4 rings (SSSR count). The molecule has 0 saturated heterocycles. The Bertz CT molecular complexity index is 1110. The van der Waals surface area contributed by atoms with Crippen LogP contribution in [0, 0.1) is 0 Å². The van der Waals surface area contributed by atoms with E-state index in [4.69, 9.17) is 4.74 Å². The number of para-hydroxylation sites is 2. The van der Waals surface area contributed by atoms with Gasteiger partial charge in [-0.25, -0.2) is 0 Å². The van der Waals surface area contributed by atoms with Crippen molar-refractivity contribution in [2.24, 2.45) is 0 Å². The molecule has 1 heterocycles. The number of ketones is 1. The van der Waals surface area contributed by atoms with Crippen LogP contribution in [0.15, 0.2) is 78.9 Å². The predicted octanol–water partition coefficient (Wildman–Crippen LogP) is 4.06. The van der Waals surface area contributed by atoms with Gasteiger partial charge in [-0.1, -0.05) is 42.5 Å². The number of ether oxygens (including phenoxy) is 1. The zero-order valence-corrected chi connectivity index (χ0v) is 17.1. The number of rotatable bonds is 5. The van der Waals surface area contributed by atoms with E-state index in [0.29, 0.717) is 28.3 Å². The number of hydrogen-bond donors (Lipinski definition) is 1. The van der Waals surface area contributed by atoms with Crippen LogP contribution in [0.3, 0.4) is 0 Å². The maximum Gasteiger partial charge on any atom is 0.265 e. The number of carbonyl (C=O) groups is 3. The van der Waals surface area contributed by atoms with Gasteiger partial charge in [0.25, 0.3) is 5.91 Å². The monoisotopic (exact) mass is 414 g/mol. The van der Waals surface area contributed by atoms with Crippen molar-refractivity contribution in [3.05, 3.63) is 90.0 Å². The number of anilines is 2. The zero-order chi connectivity index (χ0) is 21.8. The van der Waals surface area contributed by atoms with Crippen molar-refractivity contribution >= 4 is 29.0 Å². The third-order valence-electron chi connectivity index (χ3n) is 5.14. The first-order chi connectivity index (χ1) is 15.0. The fraction of sp³-hybridized carbons (Fsp3) is 0.160. The number of fused-ring (bicyclic) bond motifs is 1. The topological polar surface area (TPSA) is 75.7 Å². The molecular formula is C25H22N2O4. The Balaban J connectivity index is 1.45. The molecular weight excluding hydrogens is 392 g/mol. The molecule has 3 aromatic carbocycles. The predicted molar refractivity (Wildman–Crippen MR) is 118 cm³/mol. The largest absolute Gasteiger partial charge is 0.484 e. The normalized spacial score (nSPS) is 15.5. The summed E-state index contributed by atoms with van der Waals surface area (Å²) >= 11 is 0. The SMILES string of the molecule is C[C@@H]1CC(=O)Nc2ccccc2N1C(=O)COc1ccc(C(=O)c2ccccc2)cc1. The Morgan fingerprint density at radius 3 is 2.32 bits per heavy atom. The summed E-state index contributed by atoms with van der Waals surface area (Å²) in [4.78, 5) is 39.2. The van der Waals surface area contributed by atoms with Gasteiger partial charge in [0.05, 0.1) is 11.4 Å². The summed E-state index contributed by atoms with van der Waals surface area (Å²) in [6, 6.07) is 22.7. The first-order valence-corrected chi connectivity index (χ1v) is 10.1. The molecule has 1 aliphatic heterocycles. The first-order valence-electron chi connectivity index (χ1n) is 10.1. The molecule has 0 unspecified atom stereocenters. The Morgan fingerprint density at radius 2 is 1.58 bits per heavy atom. The average Bonchev–Trinajstić information content (AvgIpc) is 2.92. The van der Waals surface area contributed by atoms with Crippen LogP contribution in [-0.4, -0.2) is 30.2 Å². The number of benzene rings is 3. The Labute approximate surface area is 180 Å². The summed E-state index contributed by atoms with van der Waals surface area (Å²) in [7, 11) is 0. The lowest BCUT2D eigenvalue weighted by molar-refractivity contribution is -0.121. The minimum Gasteiger partial charge on any atom is -0.484 e. The molecule has 156 valence electrons. The van der Waals surface area contributed by atoms with Gasteiger partial charge in [-0.2, -0.15) is 0 Å². The van der Waals surface area contributed by atoms with Crippen molar-refractivity contribution in [3.63, 3.8) is 0 Å². The minimum absolute atomic E-state index is 0.0737. The molecule has 0 radical (unpaired) electrons. The highest BCUT2D eigenvalue weighted by atomic mass is 16.5. The van der Waals surface area contributed by atoms with Crippen LogP contribution in [0.5, 0.6) is 5.75 Å². The van der Waals surface area contributed by atoms with Crippen molar-refractivity contribution in [2.75, 3.05) is 16.8 Å². The molecule has 0 spiro atoms. The van der Waals surface area contributed by atoms with Crippen molar-refractivity contribution in [2.45, 2.75) is 19.4 Å². The summed E-state index contributed by atoms with van der Waals surface area (Å²) < 4.78 is 5.68. The maximum absolute atomic E-state index is 13.0. The fourth-order valence-corrected chi connectivity index (χ4v) is 3.64. The molecule has 1 N–H and O–H groups in total. The summed E-state index contributed by atoms with van der Waals surface area (Å²) in [5, 5.41) is 2.84. The summed E-state index contributed by atoms with van der Waals surface area (Å²) in [5.74, 6) is 0.0362. The second kappa shape index (κ2) is 8.83. The Hall–Kier alpha value is -3.93. The molecule has 6 heteroatoms. The van der Waals surface area contributed by atoms with Crippen molar-refractivity contribution in [3.8, 4) is 5.75 Å². The van der Waals surface area contributed by atoms with Crippen LogP contribution in [-0.2, 0) is 9.59 Å². The van der Waals surface area contributed by atoms with Gasteiger partial charge in [0.15, 0.2) is 12.4 Å². The summed E-state index contributed by atoms with van der Waals surface area (Å²) in [5.41, 5.74) is 2.42. The number of hydrogen-bond acceptors (Lipinski definition) is 4. The number of nitrogens with one attached hydrogen (secondary N) is 1. The van der Waals surface area contributed by atoms with Crippen LogP contribution < -0.4 is 15.0 Å². The van der Waals surface area contributed by atoms with Gasteiger partial charge in [0.2, 0.25) is 5.91 Å². The highest BCUT2D eigenvalue weighted by Crippen LogP contribution is 2.31. The van der Waals surface area contributed by atoms with Crippen LogP contribution >= 0.6 is 0 Å². The number of nitrogens with zero attached hydrogens (tertiary/aromatic N) is 1.